The highest BCUT2D eigenvalue weighted by Crippen LogP contribution is 2.26. The minimum absolute atomic E-state index is 0.190. The van der Waals surface area contributed by atoms with Gasteiger partial charge in [0.1, 0.15) is 6.54 Å². The highest BCUT2D eigenvalue weighted by molar-refractivity contribution is 7.99. The maximum absolute atomic E-state index is 13.7. The van der Waals surface area contributed by atoms with Crippen LogP contribution in [0.2, 0.25) is 0 Å². The maximum atomic E-state index is 13.7. The minimum Gasteiger partial charge on any atom is -0.384 e. The third kappa shape index (κ3) is 8.09. The van der Waals surface area contributed by atoms with Gasteiger partial charge in [-0.2, -0.15) is 0 Å². The van der Waals surface area contributed by atoms with Gasteiger partial charge in [-0.15, -0.1) is 23.1 Å². The van der Waals surface area contributed by atoms with Crippen molar-refractivity contribution in [3.8, 4) is 0 Å². The number of aliphatic hydroxyl groups is 1. The van der Waals surface area contributed by atoms with Crippen molar-refractivity contribution < 1.29 is 19.5 Å². The summed E-state index contributed by atoms with van der Waals surface area (Å²) in [7, 11) is 0. The van der Waals surface area contributed by atoms with Gasteiger partial charge in [-0.05, 0) is 47.5 Å². The zero-order chi connectivity index (χ0) is 28.5. The van der Waals surface area contributed by atoms with Gasteiger partial charge in [0.25, 0.3) is 11.8 Å². The number of thioether (sulfide) groups is 1. The van der Waals surface area contributed by atoms with Crippen molar-refractivity contribution in [3.05, 3.63) is 87.6 Å². The number of hydrogen-bond acceptors (Lipinski definition) is 7. The second-order valence-corrected chi connectivity index (χ2v) is 12.5. The molecule has 0 unspecified atom stereocenters. The summed E-state index contributed by atoms with van der Waals surface area (Å²) in [5.41, 5.74) is 3.25. The van der Waals surface area contributed by atoms with Gasteiger partial charge in [0.15, 0.2) is 6.10 Å². The first kappa shape index (κ1) is 29.6. The Kier molecular flexibility index (Phi) is 10.6. The molecular weight excluding hydrogens is 544 g/mol. The molecule has 8 nitrogen and oxygen atoms in total. The number of benzene rings is 2. The molecule has 0 radical (unpaired) electrons. The fourth-order valence-electron chi connectivity index (χ4n) is 4.53. The molecule has 1 aliphatic rings. The van der Waals surface area contributed by atoms with Gasteiger partial charge in [0.2, 0.25) is 5.91 Å². The fourth-order valence-corrected chi connectivity index (χ4v) is 5.87. The Hall–Kier alpha value is -3.34. The standard InChI is InChI=1S/C30H36N4O4S2/c1-20(2)40-19-34(18-27(35)32-17-22-10-7-15-39-22)30(38)28(36)26(16-21-8-4-3-5-9-21)33-29(37)24-11-6-12-25-23(24)13-14-31-25/h3-12,15,20,26,28,31,36H,13-14,16-19H2,1-2H3,(H,32,35)(H,33,37)/t26-,28-/m0/s1. The Bertz CT molecular complexity index is 1280. The van der Waals surface area contributed by atoms with Gasteiger partial charge in [-0.3, -0.25) is 14.4 Å². The number of fused-ring (bicyclic) bond motifs is 1. The first-order valence-electron chi connectivity index (χ1n) is 13.4. The normalized spacial score (nSPS) is 13.7. The number of hydrogen-bond donors (Lipinski definition) is 4. The van der Waals surface area contributed by atoms with Gasteiger partial charge in [0.05, 0.1) is 18.5 Å². The molecule has 212 valence electrons. The summed E-state index contributed by atoms with van der Waals surface area (Å²) in [4.78, 5) is 42.3. The van der Waals surface area contributed by atoms with Crippen molar-refractivity contribution in [2.75, 3.05) is 24.3 Å². The van der Waals surface area contributed by atoms with Crippen LogP contribution in [-0.2, 0) is 29.0 Å². The first-order chi connectivity index (χ1) is 19.3. The van der Waals surface area contributed by atoms with Crippen LogP contribution in [0.15, 0.2) is 66.0 Å². The molecular formula is C30H36N4O4S2. The number of nitrogens with zero attached hydrogens (tertiary/aromatic N) is 1. The highest BCUT2D eigenvalue weighted by Gasteiger charge is 2.33. The Labute approximate surface area is 243 Å². The maximum Gasteiger partial charge on any atom is 0.254 e. The number of nitrogens with one attached hydrogen (secondary N) is 3. The van der Waals surface area contributed by atoms with Gasteiger partial charge in [0, 0.05) is 27.9 Å². The summed E-state index contributed by atoms with van der Waals surface area (Å²) in [6, 6.07) is 17.9. The Morgan fingerprint density at radius 3 is 2.60 bits per heavy atom. The molecule has 1 aliphatic heterocycles. The number of amides is 3. The summed E-state index contributed by atoms with van der Waals surface area (Å²) in [5.74, 6) is -1.01. The summed E-state index contributed by atoms with van der Waals surface area (Å²) < 4.78 is 0. The third-order valence-electron chi connectivity index (χ3n) is 6.61. The number of aliphatic hydroxyl groups excluding tert-OH is 1. The van der Waals surface area contributed by atoms with Gasteiger partial charge >= 0.3 is 0 Å². The lowest BCUT2D eigenvalue weighted by molar-refractivity contribution is -0.143. The molecule has 10 heteroatoms. The molecule has 3 aromatic rings. The van der Waals surface area contributed by atoms with Crippen LogP contribution in [0.25, 0.3) is 0 Å². The molecule has 0 saturated heterocycles. The largest absolute Gasteiger partial charge is 0.384 e. The molecule has 2 aromatic carbocycles. The van der Waals surface area contributed by atoms with Gasteiger partial charge < -0.3 is 26.0 Å². The van der Waals surface area contributed by atoms with E-state index in [0.29, 0.717) is 12.1 Å². The van der Waals surface area contributed by atoms with Crippen molar-refractivity contribution in [1.82, 2.24) is 15.5 Å². The van der Waals surface area contributed by atoms with Crippen molar-refractivity contribution in [1.29, 1.82) is 0 Å². The topological polar surface area (TPSA) is 111 Å². The number of carbonyl (C=O) groups excluding carboxylic acids is 3. The Balaban J connectivity index is 1.51. The predicted molar refractivity (Wildman–Crippen MR) is 162 cm³/mol. The van der Waals surface area contributed by atoms with Crippen LogP contribution in [0.4, 0.5) is 5.69 Å². The van der Waals surface area contributed by atoms with Crippen molar-refractivity contribution in [3.63, 3.8) is 0 Å². The van der Waals surface area contributed by atoms with E-state index in [-0.39, 0.29) is 35.9 Å². The van der Waals surface area contributed by atoms with E-state index in [0.717, 1.165) is 34.7 Å². The van der Waals surface area contributed by atoms with Gasteiger partial charge in [-0.1, -0.05) is 56.3 Å². The van der Waals surface area contributed by atoms with E-state index in [4.69, 9.17) is 0 Å². The smallest absolute Gasteiger partial charge is 0.254 e. The molecule has 0 bridgehead atoms. The average molecular weight is 581 g/mol. The monoisotopic (exact) mass is 580 g/mol. The summed E-state index contributed by atoms with van der Waals surface area (Å²) in [5, 5.41) is 22.6. The van der Waals surface area contributed by atoms with Crippen molar-refractivity contribution in [2.45, 2.75) is 50.6 Å². The average Bonchev–Trinajstić information content (AvgIpc) is 3.65. The number of rotatable bonds is 13. The van der Waals surface area contributed by atoms with Crippen LogP contribution in [0.5, 0.6) is 0 Å². The van der Waals surface area contributed by atoms with E-state index in [2.05, 4.69) is 16.0 Å². The zero-order valence-corrected chi connectivity index (χ0v) is 24.4. The van der Waals surface area contributed by atoms with Crippen LogP contribution in [-0.4, -0.2) is 64.1 Å². The summed E-state index contributed by atoms with van der Waals surface area (Å²) in [6.07, 6.45) is -0.565. The Morgan fingerprint density at radius 1 is 1.07 bits per heavy atom. The first-order valence-corrected chi connectivity index (χ1v) is 15.3. The van der Waals surface area contributed by atoms with E-state index in [1.807, 2.05) is 73.8 Å². The molecule has 0 spiro atoms. The van der Waals surface area contributed by atoms with Crippen molar-refractivity contribution >= 4 is 46.5 Å². The molecule has 2 atom stereocenters. The minimum atomic E-state index is -1.54. The Morgan fingerprint density at radius 2 is 1.88 bits per heavy atom. The highest BCUT2D eigenvalue weighted by atomic mass is 32.2. The van der Waals surface area contributed by atoms with Gasteiger partial charge in [-0.25, -0.2) is 0 Å². The quantitative estimate of drug-likeness (QED) is 0.230. The van der Waals surface area contributed by atoms with E-state index >= 15 is 0 Å². The summed E-state index contributed by atoms with van der Waals surface area (Å²) in [6.45, 7) is 4.95. The van der Waals surface area contributed by atoms with E-state index in [9.17, 15) is 19.5 Å². The van der Waals surface area contributed by atoms with Crippen LogP contribution >= 0.6 is 23.1 Å². The SMILES string of the molecule is CC(C)SCN(CC(=O)NCc1cccs1)C(=O)[C@@H](O)[C@H](Cc1ccccc1)NC(=O)c1cccc2c1CCN2. The molecule has 4 rings (SSSR count). The van der Waals surface area contributed by atoms with Crippen LogP contribution < -0.4 is 16.0 Å². The second kappa shape index (κ2) is 14.3. The molecule has 0 saturated carbocycles. The number of carbonyl (C=O) groups is 3. The van der Waals surface area contributed by atoms with Crippen LogP contribution in [0.1, 0.15) is 40.2 Å². The molecule has 1 aromatic heterocycles. The molecule has 2 heterocycles. The lowest BCUT2D eigenvalue weighted by Gasteiger charge is -2.30. The number of anilines is 1. The molecule has 40 heavy (non-hydrogen) atoms. The third-order valence-corrected chi connectivity index (χ3v) is 8.61. The zero-order valence-electron chi connectivity index (χ0n) is 22.8. The van der Waals surface area contributed by atoms with E-state index in [1.165, 1.54) is 16.7 Å². The number of thiophene rings is 1. The van der Waals surface area contributed by atoms with Crippen LogP contribution in [0, 0.1) is 0 Å². The predicted octanol–water partition coefficient (Wildman–Crippen LogP) is 3.66. The molecule has 4 N–H and O–H groups in total. The molecule has 0 aliphatic carbocycles. The fraction of sp³-hybridized carbons (Fsp3) is 0.367. The molecule has 0 fully saturated rings. The second-order valence-electron chi connectivity index (χ2n) is 9.96. The van der Waals surface area contributed by atoms with E-state index < -0.39 is 18.1 Å². The van der Waals surface area contributed by atoms with Crippen molar-refractivity contribution in [2.24, 2.45) is 0 Å². The molecule has 3 amide bonds. The van der Waals surface area contributed by atoms with Crippen LogP contribution in [0.3, 0.4) is 0 Å². The lowest BCUT2D eigenvalue weighted by Crippen LogP contribution is -2.54. The van der Waals surface area contributed by atoms with E-state index in [1.54, 1.807) is 17.4 Å². The summed E-state index contributed by atoms with van der Waals surface area (Å²) >= 11 is 3.05. The lowest BCUT2D eigenvalue weighted by atomic mass is 9.98.